The first-order valence-corrected chi connectivity index (χ1v) is 26.4. The minimum Gasteiger partial charge on any atom is -1.00 e. The average Bonchev–Trinajstić information content (AvgIpc) is 2.99. The van der Waals surface area contributed by atoms with Crippen molar-refractivity contribution < 1.29 is 143 Å². The Morgan fingerprint density at radius 3 is 1.67 bits per heavy atom. The van der Waals surface area contributed by atoms with E-state index in [1.807, 2.05) is 36.4 Å². The van der Waals surface area contributed by atoms with E-state index in [4.69, 9.17) is 35.2 Å². The standard InChI is InChI=1S/C24H38O3Si2.C14H26O2Si.CH2O3.2K.H/c1-24(2,3)29(7,8)27-22(18-14-20-28(4,5)6)17-12-13-19-26-23(25)21-15-10-9-11-16-21;1-7-10-13(11-8-9-12-15)16-17(5,6)14(2,3)4;2-1-4-3;;;/h9-13,15-16,22H,17-19H2,1-8H3;1,8-9,13,15H,10-12H2,2-6H3;1,3H;;;/q;;;2*+1;-1/p-1/b13-12+;9-8+;;;;/t22-;13-;;;;/m01..../s1. The van der Waals surface area contributed by atoms with E-state index in [2.05, 4.69) is 110 Å². The first-order valence-electron chi connectivity index (χ1n) is 17.1. The fraction of sp³-hybridized carbons (Fsp3) is 0.590. The molecular weight excluding hydrogens is 759 g/mol. The van der Waals surface area contributed by atoms with Crippen LogP contribution in [0.15, 0.2) is 54.6 Å². The van der Waals surface area contributed by atoms with Crippen LogP contribution < -0.4 is 108 Å². The second-order valence-electron chi connectivity index (χ2n) is 15.9. The van der Waals surface area contributed by atoms with E-state index in [0.717, 1.165) is 19.3 Å². The molecule has 0 heterocycles. The number of esters is 1. The summed E-state index contributed by atoms with van der Waals surface area (Å²) >= 11 is 0. The summed E-state index contributed by atoms with van der Waals surface area (Å²) in [4.78, 5) is 23.2. The Balaban J connectivity index is -0.000000274. The molecule has 1 aromatic rings. The smallest absolute Gasteiger partial charge is 1.00 e. The molecule has 0 spiro atoms. The third-order valence-corrected chi connectivity index (χ3v) is 18.3. The second-order valence-corrected chi connectivity index (χ2v) is 30.2. The number of hydrogen-bond donors (Lipinski definition) is 1. The Hall–Kier alpha value is 0.523. The molecule has 0 bridgehead atoms. The third kappa shape index (κ3) is 29.8. The number of aliphatic hydroxyl groups excluding tert-OH is 1. The zero-order valence-electron chi connectivity index (χ0n) is 36.1. The van der Waals surface area contributed by atoms with E-state index in [9.17, 15) is 4.79 Å². The molecule has 1 aromatic carbocycles. The van der Waals surface area contributed by atoms with E-state index >= 15 is 0 Å². The van der Waals surface area contributed by atoms with Crippen LogP contribution in [0.4, 0.5) is 0 Å². The summed E-state index contributed by atoms with van der Waals surface area (Å²) in [5, 5.41) is 17.5. The molecular formula is C39H66K2O8Si3. The van der Waals surface area contributed by atoms with Crippen LogP contribution in [0.2, 0.25) is 55.9 Å². The summed E-state index contributed by atoms with van der Waals surface area (Å²) in [6, 6.07) is 9.05. The predicted octanol–water partition coefficient (Wildman–Crippen LogP) is 2.34. The molecule has 0 aliphatic carbocycles. The zero-order chi connectivity index (χ0) is 39.1. The molecule has 0 amide bonds. The average molecular weight is 825 g/mol. The molecule has 0 aliphatic rings. The van der Waals surface area contributed by atoms with Crippen LogP contribution in [0, 0.1) is 23.8 Å². The third-order valence-electron chi connectivity index (χ3n) is 8.27. The molecule has 1 N–H and O–H groups in total. The summed E-state index contributed by atoms with van der Waals surface area (Å²) < 4.78 is 18.2. The molecule has 0 radical (unpaired) electrons. The first kappa shape index (κ1) is 59.2. The monoisotopic (exact) mass is 824 g/mol. The van der Waals surface area contributed by atoms with Crippen molar-refractivity contribution in [3.63, 3.8) is 0 Å². The van der Waals surface area contributed by atoms with Gasteiger partial charge in [0.2, 0.25) is 0 Å². The fourth-order valence-electron chi connectivity index (χ4n) is 3.51. The van der Waals surface area contributed by atoms with Crippen LogP contribution >= 0.6 is 0 Å². The number of benzene rings is 1. The van der Waals surface area contributed by atoms with Gasteiger partial charge >= 0.3 is 109 Å². The van der Waals surface area contributed by atoms with Gasteiger partial charge < -0.3 is 30.3 Å². The zero-order valence-corrected chi connectivity index (χ0v) is 44.3. The number of rotatable bonds is 15. The van der Waals surface area contributed by atoms with Gasteiger partial charge in [-0.3, -0.25) is 4.79 Å². The largest absolute Gasteiger partial charge is 1.00 e. The quantitative estimate of drug-likeness (QED) is 0.0546. The predicted molar refractivity (Wildman–Crippen MR) is 213 cm³/mol. The van der Waals surface area contributed by atoms with E-state index in [1.54, 1.807) is 18.2 Å². The van der Waals surface area contributed by atoms with Gasteiger partial charge in [-0.05, 0) is 61.2 Å². The van der Waals surface area contributed by atoms with Gasteiger partial charge in [0, 0.05) is 12.8 Å². The van der Waals surface area contributed by atoms with Crippen molar-refractivity contribution in [1.29, 1.82) is 0 Å². The Morgan fingerprint density at radius 1 is 0.846 bits per heavy atom. The SMILES string of the molecule is C#CC[C@H](C/C=C/CO)O[Si](C)(C)C(C)(C)C.CC(C)(C)[Si](C)(C)O[C@H](CC#C[Si](C)(C)C)C/C=C/COC(=O)c1ccccc1.O=CO[O-].[H-].[K+].[K+]. The molecule has 0 aliphatic heterocycles. The van der Waals surface area contributed by atoms with Crippen LogP contribution in [0.5, 0.6) is 0 Å². The maximum atomic E-state index is 12.0. The van der Waals surface area contributed by atoms with Gasteiger partial charge in [-0.15, -0.1) is 23.8 Å². The summed E-state index contributed by atoms with van der Waals surface area (Å²) in [5.74, 6) is 5.74. The van der Waals surface area contributed by atoms with Crippen molar-refractivity contribution in [3.8, 4) is 23.8 Å². The minimum atomic E-state index is -1.87. The molecule has 0 unspecified atom stereocenters. The van der Waals surface area contributed by atoms with Crippen molar-refractivity contribution in [2.45, 2.75) is 135 Å². The molecule has 0 aromatic heterocycles. The Bertz CT molecular complexity index is 1270. The van der Waals surface area contributed by atoms with E-state index < -0.39 is 24.7 Å². The molecule has 0 fully saturated rings. The number of carbonyl (C=O) groups excluding carboxylic acids is 2. The van der Waals surface area contributed by atoms with E-state index in [1.165, 1.54) is 0 Å². The first-order chi connectivity index (χ1) is 23.0. The molecule has 0 saturated carbocycles. The maximum Gasteiger partial charge on any atom is 1.00 e. The summed E-state index contributed by atoms with van der Waals surface area (Å²) in [6.07, 6.45) is 16.1. The molecule has 1 rings (SSSR count). The van der Waals surface area contributed by atoms with Crippen molar-refractivity contribution in [1.82, 2.24) is 0 Å². The summed E-state index contributed by atoms with van der Waals surface area (Å²) in [6.45, 7) is 29.3. The number of terminal acetylenes is 1. The normalized spacial score (nSPS) is 12.9. The van der Waals surface area contributed by atoms with E-state index in [-0.39, 0.29) is 152 Å². The fourth-order valence-corrected chi connectivity index (χ4v) is 6.88. The van der Waals surface area contributed by atoms with Gasteiger partial charge in [0.05, 0.1) is 24.4 Å². The van der Waals surface area contributed by atoms with Gasteiger partial charge in [-0.2, -0.15) is 0 Å². The van der Waals surface area contributed by atoms with Crippen molar-refractivity contribution in [2.75, 3.05) is 13.2 Å². The molecule has 284 valence electrons. The van der Waals surface area contributed by atoms with Gasteiger partial charge in [0.15, 0.2) is 16.6 Å². The maximum absolute atomic E-state index is 12.0. The van der Waals surface area contributed by atoms with Gasteiger partial charge in [0.1, 0.15) is 14.7 Å². The Morgan fingerprint density at radius 2 is 1.29 bits per heavy atom. The topological polar surface area (TPSA) is 114 Å². The van der Waals surface area contributed by atoms with Gasteiger partial charge in [-0.25, -0.2) is 4.79 Å². The number of ether oxygens (including phenoxy) is 1. The Labute approximate surface area is 406 Å². The number of aliphatic hydroxyl groups is 1. The van der Waals surface area contributed by atoms with Crippen molar-refractivity contribution in [3.05, 3.63) is 60.2 Å². The van der Waals surface area contributed by atoms with Gasteiger partial charge in [0.25, 0.3) is 6.47 Å². The molecule has 8 nitrogen and oxygen atoms in total. The second kappa shape index (κ2) is 30.6. The molecule has 0 saturated heterocycles. The van der Waals surface area contributed by atoms with Crippen molar-refractivity contribution >= 4 is 37.2 Å². The van der Waals surface area contributed by atoms with Crippen LogP contribution in [-0.4, -0.2) is 67.7 Å². The van der Waals surface area contributed by atoms with Crippen LogP contribution in [-0.2, 0) is 23.3 Å². The van der Waals surface area contributed by atoms with Crippen LogP contribution in [0.25, 0.3) is 0 Å². The molecule has 2 atom stereocenters. The minimum absolute atomic E-state index is 0. The van der Waals surface area contributed by atoms with Gasteiger partial charge in [-0.1, -0.05) is 104 Å². The Kier molecular flexibility index (Phi) is 34.9. The van der Waals surface area contributed by atoms with Crippen LogP contribution in [0.3, 0.4) is 0 Å². The molecule has 13 heteroatoms. The van der Waals surface area contributed by atoms with E-state index in [0.29, 0.717) is 12.0 Å². The molecule has 52 heavy (non-hydrogen) atoms. The summed E-state index contributed by atoms with van der Waals surface area (Å²) in [7, 11) is -5.02. The number of carbonyl (C=O) groups is 2. The number of hydrogen-bond acceptors (Lipinski definition) is 8. The summed E-state index contributed by atoms with van der Waals surface area (Å²) in [5.41, 5.74) is 4.01. The van der Waals surface area contributed by atoms with Crippen molar-refractivity contribution in [2.24, 2.45) is 0 Å². The van der Waals surface area contributed by atoms with Crippen LogP contribution in [0.1, 0.15) is 79.0 Å².